The quantitative estimate of drug-likeness (QED) is 0.721. The third-order valence-corrected chi connectivity index (χ3v) is 4.01. The summed E-state index contributed by atoms with van der Waals surface area (Å²) in [4.78, 5) is 0. The standard InChI is InChI=1S/C9H8Br2IN/c1-6(10)5-13-7-2-3-8(11)9(12)4-7/h2-4,13H,1,5H2. The van der Waals surface area contributed by atoms with Crippen LogP contribution in [0.1, 0.15) is 0 Å². The minimum atomic E-state index is 0.748. The van der Waals surface area contributed by atoms with Gasteiger partial charge in [-0.15, -0.1) is 0 Å². The number of hydrogen-bond acceptors (Lipinski definition) is 1. The SMILES string of the molecule is C=C(Br)CNc1ccc(Br)c(I)c1. The molecule has 1 rings (SSSR count). The number of benzene rings is 1. The van der Waals surface area contributed by atoms with E-state index in [9.17, 15) is 0 Å². The van der Waals surface area contributed by atoms with Crippen molar-refractivity contribution in [2.24, 2.45) is 0 Å². The van der Waals surface area contributed by atoms with Crippen LogP contribution in [0.2, 0.25) is 0 Å². The molecule has 13 heavy (non-hydrogen) atoms. The van der Waals surface area contributed by atoms with Gasteiger partial charge >= 0.3 is 0 Å². The number of anilines is 1. The Bertz CT molecular complexity index is 325. The molecule has 0 bridgehead atoms. The van der Waals surface area contributed by atoms with Gasteiger partial charge in [0.25, 0.3) is 0 Å². The molecule has 1 aromatic carbocycles. The lowest BCUT2D eigenvalue weighted by Crippen LogP contribution is -2.00. The monoisotopic (exact) mass is 415 g/mol. The van der Waals surface area contributed by atoms with E-state index in [1.807, 2.05) is 12.1 Å². The number of nitrogens with one attached hydrogen (secondary N) is 1. The highest BCUT2D eigenvalue weighted by atomic mass is 127. The maximum Gasteiger partial charge on any atom is 0.0460 e. The van der Waals surface area contributed by atoms with E-state index in [2.05, 4.69) is 72.4 Å². The highest BCUT2D eigenvalue weighted by Gasteiger charge is 1.97. The molecule has 0 aromatic heterocycles. The van der Waals surface area contributed by atoms with Gasteiger partial charge in [0.05, 0.1) is 0 Å². The minimum absolute atomic E-state index is 0.748. The Labute approximate surface area is 108 Å². The van der Waals surface area contributed by atoms with Crippen molar-refractivity contribution >= 4 is 60.1 Å². The molecule has 1 nitrogen and oxygen atoms in total. The van der Waals surface area contributed by atoms with Crippen LogP contribution >= 0.6 is 54.5 Å². The summed E-state index contributed by atoms with van der Waals surface area (Å²) in [6.07, 6.45) is 0. The average molecular weight is 417 g/mol. The van der Waals surface area contributed by atoms with Gasteiger partial charge in [-0.3, -0.25) is 0 Å². The molecule has 0 heterocycles. The van der Waals surface area contributed by atoms with Crippen LogP contribution in [-0.2, 0) is 0 Å². The fourth-order valence-electron chi connectivity index (χ4n) is 0.804. The molecule has 0 saturated heterocycles. The largest absolute Gasteiger partial charge is 0.380 e. The summed E-state index contributed by atoms with van der Waals surface area (Å²) in [5.74, 6) is 0. The first-order valence-electron chi connectivity index (χ1n) is 3.62. The van der Waals surface area contributed by atoms with Crippen LogP contribution in [0.4, 0.5) is 5.69 Å². The van der Waals surface area contributed by atoms with Crippen molar-refractivity contribution in [3.8, 4) is 0 Å². The molecule has 0 aliphatic heterocycles. The van der Waals surface area contributed by atoms with E-state index in [0.717, 1.165) is 21.2 Å². The van der Waals surface area contributed by atoms with Crippen molar-refractivity contribution < 1.29 is 0 Å². The van der Waals surface area contributed by atoms with Gasteiger partial charge in [0, 0.05) is 24.8 Å². The summed E-state index contributed by atoms with van der Waals surface area (Å²) in [5.41, 5.74) is 1.10. The molecule has 0 spiro atoms. The lowest BCUT2D eigenvalue weighted by Gasteiger charge is -2.06. The Morgan fingerprint density at radius 3 is 2.77 bits per heavy atom. The molecule has 0 aliphatic carbocycles. The molecule has 0 unspecified atom stereocenters. The average Bonchev–Trinajstić information content (AvgIpc) is 2.07. The lowest BCUT2D eigenvalue weighted by atomic mass is 10.3. The zero-order valence-electron chi connectivity index (χ0n) is 6.78. The topological polar surface area (TPSA) is 12.0 Å². The Morgan fingerprint density at radius 2 is 2.23 bits per heavy atom. The summed E-state index contributed by atoms with van der Waals surface area (Å²) >= 11 is 9.03. The van der Waals surface area contributed by atoms with Crippen LogP contribution < -0.4 is 5.32 Å². The smallest absolute Gasteiger partial charge is 0.0460 e. The van der Waals surface area contributed by atoms with E-state index in [4.69, 9.17) is 0 Å². The molecular formula is C9H8Br2IN. The molecule has 0 atom stereocenters. The molecule has 4 heteroatoms. The second kappa shape index (κ2) is 5.36. The number of rotatable bonds is 3. The van der Waals surface area contributed by atoms with Crippen LogP contribution in [0.15, 0.2) is 33.7 Å². The zero-order valence-corrected chi connectivity index (χ0v) is 12.1. The van der Waals surface area contributed by atoms with E-state index in [-0.39, 0.29) is 0 Å². The van der Waals surface area contributed by atoms with Gasteiger partial charge in [0.15, 0.2) is 0 Å². The van der Waals surface area contributed by atoms with E-state index < -0.39 is 0 Å². The molecule has 0 fully saturated rings. The van der Waals surface area contributed by atoms with Crippen molar-refractivity contribution in [3.63, 3.8) is 0 Å². The van der Waals surface area contributed by atoms with Crippen LogP contribution in [-0.4, -0.2) is 6.54 Å². The lowest BCUT2D eigenvalue weighted by molar-refractivity contribution is 1.32. The molecule has 0 saturated carbocycles. The van der Waals surface area contributed by atoms with Gasteiger partial charge in [-0.05, 0) is 56.7 Å². The van der Waals surface area contributed by atoms with Crippen molar-refractivity contribution in [2.45, 2.75) is 0 Å². The second-order valence-electron chi connectivity index (χ2n) is 2.50. The maximum atomic E-state index is 3.75. The van der Waals surface area contributed by atoms with Crippen LogP contribution in [0.3, 0.4) is 0 Å². The molecule has 70 valence electrons. The summed E-state index contributed by atoms with van der Waals surface area (Å²) in [7, 11) is 0. The summed E-state index contributed by atoms with van der Waals surface area (Å²) in [6.45, 7) is 4.50. The summed E-state index contributed by atoms with van der Waals surface area (Å²) < 4.78 is 3.27. The normalized spacial score (nSPS) is 9.77. The molecular weight excluding hydrogens is 409 g/mol. The van der Waals surface area contributed by atoms with E-state index >= 15 is 0 Å². The number of hydrogen-bond donors (Lipinski definition) is 1. The first kappa shape index (κ1) is 11.5. The minimum Gasteiger partial charge on any atom is -0.380 e. The fraction of sp³-hybridized carbons (Fsp3) is 0.111. The molecule has 0 radical (unpaired) electrons. The molecule has 1 N–H and O–H groups in total. The van der Waals surface area contributed by atoms with Gasteiger partial charge < -0.3 is 5.32 Å². The highest BCUT2D eigenvalue weighted by molar-refractivity contribution is 14.1. The maximum absolute atomic E-state index is 3.75. The van der Waals surface area contributed by atoms with Crippen molar-refractivity contribution in [3.05, 3.63) is 37.3 Å². The second-order valence-corrected chi connectivity index (χ2v) is 5.64. The van der Waals surface area contributed by atoms with Gasteiger partial charge in [0.2, 0.25) is 0 Å². The molecule has 0 aliphatic rings. The van der Waals surface area contributed by atoms with Crippen LogP contribution in [0.25, 0.3) is 0 Å². The Balaban J connectivity index is 2.68. The van der Waals surface area contributed by atoms with Crippen LogP contribution in [0.5, 0.6) is 0 Å². The molecule has 1 aromatic rings. The molecule has 0 amide bonds. The Morgan fingerprint density at radius 1 is 1.54 bits per heavy atom. The van der Waals surface area contributed by atoms with Crippen molar-refractivity contribution in [2.75, 3.05) is 11.9 Å². The Hall–Kier alpha value is 0.450. The first-order chi connectivity index (χ1) is 6.09. The predicted octanol–water partition coefficient (Wildman–Crippen LogP) is 4.37. The van der Waals surface area contributed by atoms with Gasteiger partial charge in [-0.25, -0.2) is 0 Å². The van der Waals surface area contributed by atoms with E-state index in [1.54, 1.807) is 0 Å². The Kier molecular flexibility index (Phi) is 4.75. The fourth-order valence-corrected chi connectivity index (χ4v) is 1.71. The van der Waals surface area contributed by atoms with Crippen molar-refractivity contribution in [1.29, 1.82) is 0 Å². The zero-order chi connectivity index (χ0) is 9.84. The summed E-state index contributed by atoms with van der Waals surface area (Å²) in [5, 5.41) is 3.24. The number of halogens is 3. The van der Waals surface area contributed by atoms with Gasteiger partial charge in [-0.2, -0.15) is 0 Å². The third-order valence-electron chi connectivity index (χ3n) is 1.40. The first-order valence-corrected chi connectivity index (χ1v) is 6.28. The summed E-state index contributed by atoms with van der Waals surface area (Å²) in [6, 6.07) is 6.14. The van der Waals surface area contributed by atoms with Gasteiger partial charge in [0.1, 0.15) is 0 Å². The van der Waals surface area contributed by atoms with E-state index in [0.29, 0.717) is 0 Å². The highest BCUT2D eigenvalue weighted by Crippen LogP contribution is 2.22. The van der Waals surface area contributed by atoms with Crippen molar-refractivity contribution in [1.82, 2.24) is 0 Å². The third kappa shape index (κ3) is 3.99. The predicted molar refractivity (Wildman–Crippen MR) is 73.4 cm³/mol. The van der Waals surface area contributed by atoms with Gasteiger partial charge in [-0.1, -0.05) is 22.5 Å². The van der Waals surface area contributed by atoms with Crippen LogP contribution in [0, 0.1) is 3.57 Å². The van der Waals surface area contributed by atoms with E-state index in [1.165, 1.54) is 3.57 Å².